The lowest BCUT2D eigenvalue weighted by Crippen LogP contribution is -2.19. The highest BCUT2D eigenvalue weighted by Gasteiger charge is 2.12. The van der Waals surface area contributed by atoms with Crippen molar-refractivity contribution in [2.24, 2.45) is 7.05 Å². The number of hydrogen-bond donors (Lipinski definition) is 1. The number of aromatic nitrogens is 6. The molecule has 4 heterocycles. The van der Waals surface area contributed by atoms with Crippen LogP contribution in [0.5, 0.6) is 5.88 Å². The van der Waals surface area contributed by atoms with E-state index in [2.05, 4.69) is 30.3 Å². The number of fused-ring (bicyclic) bond motifs is 1. The van der Waals surface area contributed by atoms with Crippen molar-refractivity contribution < 1.29 is 4.74 Å². The quantitative estimate of drug-likeness (QED) is 0.528. The van der Waals surface area contributed by atoms with Gasteiger partial charge in [0.15, 0.2) is 11.5 Å². The first kappa shape index (κ1) is 17.9. The SMILES string of the molecule is CN(C)CCOc1cc(Nc2nccn3c(-c4cnn(C)c4)cnc23)ccn1. The van der Waals surface area contributed by atoms with Crippen LogP contribution in [-0.4, -0.2) is 61.3 Å². The van der Waals surface area contributed by atoms with E-state index in [9.17, 15) is 0 Å². The molecule has 0 atom stereocenters. The molecule has 28 heavy (non-hydrogen) atoms. The molecule has 0 radical (unpaired) electrons. The smallest absolute Gasteiger partial charge is 0.215 e. The van der Waals surface area contributed by atoms with Gasteiger partial charge in [0.05, 0.1) is 18.1 Å². The Balaban J connectivity index is 1.58. The van der Waals surface area contributed by atoms with E-state index >= 15 is 0 Å². The molecule has 0 unspecified atom stereocenters. The van der Waals surface area contributed by atoms with E-state index in [1.165, 1.54) is 0 Å². The number of nitrogens with one attached hydrogen (secondary N) is 1. The van der Waals surface area contributed by atoms with Gasteiger partial charge in [0.25, 0.3) is 0 Å². The van der Waals surface area contributed by atoms with Gasteiger partial charge in [-0.1, -0.05) is 0 Å². The van der Waals surface area contributed by atoms with Crippen LogP contribution < -0.4 is 10.1 Å². The second-order valence-corrected chi connectivity index (χ2v) is 6.68. The van der Waals surface area contributed by atoms with E-state index in [1.54, 1.807) is 17.1 Å². The highest BCUT2D eigenvalue weighted by atomic mass is 16.5. The Labute approximate surface area is 162 Å². The molecule has 0 fully saturated rings. The molecule has 0 bridgehead atoms. The van der Waals surface area contributed by atoms with Gasteiger partial charge < -0.3 is 15.0 Å². The number of anilines is 2. The molecule has 0 aliphatic rings. The fourth-order valence-electron chi connectivity index (χ4n) is 2.81. The van der Waals surface area contributed by atoms with Crippen LogP contribution in [0.15, 0.2) is 49.3 Å². The van der Waals surface area contributed by atoms with E-state index in [-0.39, 0.29) is 0 Å². The Morgan fingerprint density at radius 2 is 2.04 bits per heavy atom. The molecule has 0 aliphatic carbocycles. The number of nitrogens with zero attached hydrogens (tertiary/aromatic N) is 7. The van der Waals surface area contributed by atoms with Crippen LogP contribution in [0, 0.1) is 0 Å². The molecule has 4 aromatic heterocycles. The monoisotopic (exact) mass is 378 g/mol. The predicted molar refractivity (Wildman–Crippen MR) is 107 cm³/mol. The summed E-state index contributed by atoms with van der Waals surface area (Å²) < 4.78 is 9.46. The maximum absolute atomic E-state index is 5.70. The molecule has 9 nitrogen and oxygen atoms in total. The second-order valence-electron chi connectivity index (χ2n) is 6.68. The van der Waals surface area contributed by atoms with Gasteiger partial charge >= 0.3 is 0 Å². The van der Waals surface area contributed by atoms with Gasteiger partial charge in [-0.3, -0.25) is 9.08 Å². The third-order valence-corrected chi connectivity index (χ3v) is 4.21. The van der Waals surface area contributed by atoms with Gasteiger partial charge in [-0.15, -0.1) is 0 Å². The lowest BCUT2D eigenvalue weighted by Gasteiger charge is -2.11. The number of rotatable bonds is 7. The van der Waals surface area contributed by atoms with Crippen molar-refractivity contribution in [2.75, 3.05) is 32.6 Å². The summed E-state index contributed by atoms with van der Waals surface area (Å²) in [5.74, 6) is 1.22. The van der Waals surface area contributed by atoms with Crippen LogP contribution in [0.3, 0.4) is 0 Å². The number of imidazole rings is 1. The normalized spacial score (nSPS) is 11.3. The molecular weight excluding hydrogens is 356 g/mol. The van der Waals surface area contributed by atoms with Crippen LogP contribution >= 0.6 is 0 Å². The number of ether oxygens (including phenoxy) is 1. The van der Waals surface area contributed by atoms with Crippen molar-refractivity contribution in [3.05, 3.63) is 49.3 Å². The maximum atomic E-state index is 5.70. The summed E-state index contributed by atoms with van der Waals surface area (Å²) in [7, 11) is 5.90. The van der Waals surface area contributed by atoms with Gasteiger partial charge in [-0.2, -0.15) is 5.10 Å². The molecule has 0 spiro atoms. The van der Waals surface area contributed by atoms with E-state index in [0.29, 0.717) is 18.3 Å². The zero-order valence-corrected chi connectivity index (χ0v) is 16.1. The number of aryl methyl sites for hydroxylation is 1. The average Bonchev–Trinajstić information content (AvgIpc) is 3.28. The zero-order valence-electron chi connectivity index (χ0n) is 16.1. The Morgan fingerprint density at radius 1 is 1.14 bits per heavy atom. The lowest BCUT2D eigenvalue weighted by atomic mass is 10.3. The summed E-state index contributed by atoms with van der Waals surface area (Å²) in [4.78, 5) is 15.3. The minimum absolute atomic E-state index is 0.568. The first-order valence-electron chi connectivity index (χ1n) is 8.92. The van der Waals surface area contributed by atoms with E-state index < -0.39 is 0 Å². The molecule has 1 N–H and O–H groups in total. The first-order valence-corrected chi connectivity index (χ1v) is 8.92. The number of likely N-dealkylation sites (N-methyl/N-ethyl adjacent to an activating group) is 1. The highest BCUT2D eigenvalue weighted by Crippen LogP contribution is 2.25. The third-order valence-electron chi connectivity index (χ3n) is 4.21. The van der Waals surface area contributed by atoms with Gasteiger partial charge in [-0.05, 0) is 20.2 Å². The fraction of sp³-hybridized carbons (Fsp3) is 0.263. The molecule has 0 amide bonds. The molecule has 0 aromatic carbocycles. The van der Waals surface area contributed by atoms with Gasteiger partial charge in [0.1, 0.15) is 6.61 Å². The third kappa shape index (κ3) is 3.79. The van der Waals surface area contributed by atoms with Crippen LogP contribution in [-0.2, 0) is 7.05 Å². The topological polar surface area (TPSA) is 85.4 Å². The lowest BCUT2D eigenvalue weighted by molar-refractivity contribution is 0.254. The van der Waals surface area contributed by atoms with Gasteiger partial charge in [0.2, 0.25) is 5.88 Å². The van der Waals surface area contributed by atoms with Crippen molar-refractivity contribution in [1.82, 2.24) is 34.0 Å². The van der Waals surface area contributed by atoms with E-state index in [4.69, 9.17) is 4.74 Å². The Hall–Kier alpha value is -3.46. The van der Waals surface area contributed by atoms with Crippen molar-refractivity contribution in [3.8, 4) is 17.1 Å². The molecule has 9 heteroatoms. The minimum Gasteiger partial charge on any atom is -0.476 e. The first-order chi connectivity index (χ1) is 13.6. The number of pyridine rings is 1. The molecule has 0 saturated carbocycles. The van der Waals surface area contributed by atoms with Crippen LogP contribution in [0.25, 0.3) is 16.9 Å². The summed E-state index contributed by atoms with van der Waals surface area (Å²) in [5, 5.41) is 7.55. The van der Waals surface area contributed by atoms with Crippen LogP contribution in [0.4, 0.5) is 11.5 Å². The standard InChI is InChI=1S/C19H22N8O/c1-25(2)8-9-28-17-10-15(4-5-20-17)24-18-19-22-12-16(27(19)7-6-21-18)14-11-23-26(3)13-14/h4-7,10-13H,8-9H2,1-3H3,(H,20,21,24). The van der Waals surface area contributed by atoms with Gasteiger partial charge in [0, 0.05) is 55.7 Å². The molecule has 144 valence electrons. The fourth-order valence-corrected chi connectivity index (χ4v) is 2.81. The molecule has 4 aromatic rings. The van der Waals surface area contributed by atoms with Gasteiger partial charge in [-0.25, -0.2) is 15.0 Å². The van der Waals surface area contributed by atoms with Crippen molar-refractivity contribution in [2.45, 2.75) is 0 Å². The highest BCUT2D eigenvalue weighted by molar-refractivity contribution is 5.73. The molecule has 0 aliphatic heterocycles. The van der Waals surface area contributed by atoms with Crippen LogP contribution in [0.2, 0.25) is 0 Å². The largest absolute Gasteiger partial charge is 0.476 e. The maximum Gasteiger partial charge on any atom is 0.215 e. The predicted octanol–water partition coefficient (Wildman–Crippen LogP) is 2.21. The number of hydrogen-bond acceptors (Lipinski definition) is 7. The summed E-state index contributed by atoms with van der Waals surface area (Å²) in [6.45, 7) is 1.40. The molecular formula is C19H22N8O. The summed E-state index contributed by atoms with van der Waals surface area (Å²) in [6, 6.07) is 3.72. The van der Waals surface area contributed by atoms with Crippen LogP contribution in [0.1, 0.15) is 0 Å². The Morgan fingerprint density at radius 3 is 2.82 bits per heavy atom. The van der Waals surface area contributed by atoms with Crippen molar-refractivity contribution >= 4 is 17.2 Å². The summed E-state index contributed by atoms with van der Waals surface area (Å²) in [6.07, 6.45) is 10.9. The summed E-state index contributed by atoms with van der Waals surface area (Å²) >= 11 is 0. The van der Waals surface area contributed by atoms with Crippen molar-refractivity contribution in [3.63, 3.8) is 0 Å². The molecule has 0 saturated heterocycles. The Bertz CT molecular complexity index is 1080. The zero-order chi connectivity index (χ0) is 19.5. The average molecular weight is 378 g/mol. The van der Waals surface area contributed by atoms with E-state index in [0.717, 1.165) is 29.1 Å². The Kier molecular flexibility index (Phi) is 4.90. The molecule has 4 rings (SSSR count). The minimum atomic E-state index is 0.568. The second kappa shape index (κ2) is 7.65. The summed E-state index contributed by atoms with van der Waals surface area (Å²) in [5.41, 5.74) is 3.51. The van der Waals surface area contributed by atoms with Crippen molar-refractivity contribution in [1.29, 1.82) is 0 Å². The van der Waals surface area contributed by atoms with E-state index in [1.807, 2.05) is 62.5 Å².